The Labute approximate surface area is 213 Å². The number of carbonyl (C=O) groups is 1. The summed E-state index contributed by atoms with van der Waals surface area (Å²) in [5.74, 6) is 11.1. The van der Waals surface area contributed by atoms with E-state index in [2.05, 4.69) is 20.9 Å². The molecule has 0 aliphatic rings. The molecule has 14 N–H and O–H groups in total. The average molecular weight is 530 g/mol. The molecule has 0 fully saturated rings. The first-order valence-electron chi connectivity index (χ1n) is 9.69. The first-order chi connectivity index (χ1) is 15.9. The Balaban J connectivity index is 0.00000578. The molecule has 0 bridgehead atoms. The lowest BCUT2D eigenvalue weighted by atomic mass is 9.97. The molecular weight excluding hydrogens is 498 g/mol. The van der Waals surface area contributed by atoms with E-state index in [1.54, 1.807) is 23.6 Å². The van der Waals surface area contributed by atoms with E-state index in [0.717, 1.165) is 17.1 Å². The molecule has 1 aromatic heterocycles. The van der Waals surface area contributed by atoms with Gasteiger partial charge in [0.1, 0.15) is 18.0 Å². The van der Waals surface area contributed by atoms with Gasteiger partial charge in [0.25, 0.3) is 5.91 Å². The number of benzene rings is 1. The van der Waals surface area contributed by atoms with Crippen molar-refractivity contribution in [3.05, 3.63) is 35.5 Å². The Morgan fingerprint density at radius 3 is 2.65 bits per heavy atom. The van der Waals surface area contributed by atoms with Gasteiger partial charge < -0.3 is 28.3 Å². The zero-order valence-corrected chi connectivity index (χ0v) is 21.2. The zero-order valence-electron chi connectivity index (χ0n) is 18.6. The van der Waals surface area contributed by atoms with Gasteiger partial charge in [-0.05, 0) is 17.7 Å². The second kappa shape index (κ2) is 14.7. The number of aromatic nitrogens is 1. The Hall–Kier alpha value is -2.44. The topological polar surface area (TPSA) is 235 Å². The number of hydrazine groups is 1. The molecular formula is C18H31N11O2S3. The second-order valence-electron chi connectivity index (χ2n) is 6.47. The van der Waals surface area contributed by atoms with Gasteiger partial charge in [0.2, 0.25) is 0 Å². The number of nitrogens with zero attached hydrogens (tertiary/aromatic N) is 3. The highest BCUT2D eigenvalue weighted by Gasteiger charge is 2.23. The minimum Gasteiger partial charge on any atom is -0.383 e. The monoisotopic (exact) mass is 529 g/mol. The van der Waals surface area contributed by atoms with Gasteiger partial charge in [-0.15, -0.1) is 16.9 Å². The van der Waals surface area contributed by atoms with Gasteiger partial charge in [-0.25, -0.2) is 26.5 Å². The second-order valence-corrected chi connectivity index (χ2v) is 8.49. The van der Waals surface area contributed by atoms with Crippen LogP contribution in [0.4, 0.5) is 11.5 Å². The summed E-state index contributed by atoms with van der Waals surface area (Å²) >= 11 is 2.42. The van der Waals surface area contributed by atoms with Crippen LogP contribution in [0.5, 0.6) is 0 Å². The molecule has 0 spiro atoms. The van der Waals surface area contributed by atoms with Crippen molar-refractivity contribution in [1.82, 2.24) is 15.8 Å². The molecule has 16 heteroatoms. The molecule has 188 valence electrons. The van der Waals surface area contributed by atoms with E-state index in [-0.39, 0.29) is 30.7 Å². The SMILES string of the molecule is CN(SON)c1c(SCCN)ccc(-c2cnc(N)c(C(=O)NCCN)c2)c1/C(N)=N/NN.S. The molecule has 0 unspecified atom stereocenters. The summed E-state index contributed by atoms with van der Waals surface area (Å²) in [4.78, 5) is 17.6. The molecule has 0 saturated heterocycles. The standard InChI is InChI=1S/C18H29N11O2S2.H2S/c1-29(33-31-24)15-13(32-7-5-20)3-2-11(14(15)17(22)27-28-23)10-8-12(16(21)26-9-10)18(30)25-6-4-19;/h2-3,8-9,28H,4-7,19-20,23-24H2,1H3,(H2,21,26)(H2,22,27)(H,25,30);1H2. The fourth-order valence-corrected chi connectivity index (χ4v) is 4.31. The molecule has 34 heavy (non-hydrogen) atoms. The highest BCUT2D eigenvalue weighted by Crippen LogP contribution is 2.41. The third-order valence-electron chi connectivity index (χ3n) is 4.33. The fourth-order valence-electron chi connectivity index (χ4n) is 2.98. The van der Waals surface area contributed by atoms with Crippen LogP contribution >= 0.6 is 37.5 Å². The highest BCUT2D eigenvalue weighted by atomic mass is 32.2. The van der Waals surface area contributed by atoms with E-state index >= 15 is 0 Å². The summed E-state index contributed by atoms with van der Waals surface area (Å²) in [5, 5.41) is 6.65. The van der Waals surface area contributed by atoms with Crippen molar-refractivity contribution in [2.75, 3.05) is 42.5 Å². The number of hydrogen-bond donors (Lipinski definition) is 8. The van der Waals surface area contributed by atoms with Crippen LogP contribution in [0.3, 0.4) is 0 Å². The van der Waals surface area contributed by atoms with E-state index in [4.69, 9.17) is 39.0 Å². The van der Waals surface area contributed by atoms with Crippen molar-refractivity contribution < 1.29 is 9.08 Å². The number of thioether (sulfide) groups is 1. The molecule has 0 radical (unpaired) electrons. The third kappa shape index (κ3) is 7.28. The number of anilines is 2. The van der Waals surface area contributed by atoms with Crippen LogP contribution < -0.4 is 49.8 Å². The van der Waals surface area contributed by atoms with Gasteiger partial charge in [0, 0.05) is 49.1 Å². The lowest BCUT2D eigenvalue weighted by Gasteiger charge is -2.24. The predicted molar refractivity (Wildman–Crippen MR) is 145 cm³/mol. The van der Waals surface area contributed by atoms with Crippen LogP contribution in [0.2, 0.25) is 0 Å². The van der Waals surface area contributed by atoms with Crippen molar-refractivity contribution in [2.24, 2.45) is 34.0 Å². The van der Waals surface area contributed by atoms with E-state index < -0.39 is 5.91 Å². The number of nitrogen functional groups attached to an aromatic ring is 1. The van der Waals surface area contributed by atoms with Crippen molar-refractivity contribution in [2.45, 2.75) is 4.90 Å². The van der Waals surface area contributed by atoms with E-state index in [0.29, 0.717) is 47.8 Å². The van der Waals surface area contributed by atoms with Crippen molar-refractivity contribution in [3.8, 4) is 11.1 Å². The number of pyridine rings is 1. The van der Waals surface area contributed by atoms with Crippen LogP contribution in [-0.4, -0.2) is 49.2 Å². The Morgan fingerprint density at radius 2 is 2.03 bits per heavy atom. The summed E-state index contributed by atoms with van der Waals surface area (Å²) in [6.45, 7) is 1.07. The first kappa shape index (κ1) is 29.6. The quantitative estimate of drug-likeness (QED) is 0.0319. The molecule has 13 nitrogen and oxygen atoms in total. The summed E-state index contributed by atoms with van der Waals surface area (Å²) < 4.78 is 6.45. The van der Waals surface area contributed by atoms with Crippen molar-refractivity contribution >= 4 is 60.7 Å². The van der Waals surface area contributed by atoms with Gasteiger partial charge in [-0.3, -0.25) is 9.10 Å². The largest absolute Gasteiger partial charge is 0.383 e. The van der Waals surface area contributed by atoms with E-state index in [1.165, 1.54) is 11.8 Å². The molecule has 2 rings (SSSR count). The summed E-state index contributed by atoms with van der Waals surface area (Å²) in [6.07, 6.45) is 1.54. The lowest BCUT2D eigenvalue weighted by molar-refractivity contribution is 0.0955. The van der Waals surface area contributed by atoms with Gasteiger partial charge in [-0.1, -0.05) is 6.07 Å². The number of nitrogens with one attached hydrogen (secondary N) is 2. The molecule has 1 aromatic carbocycles. The number of amides is 1. The lowest BCUT2D eigenvalue weighted by Crippen LogP contribution is -2.29. The van der Waals surface area contributed by atoms with Crippen LogP contribution in [0.25, 0.3) is 11.1 Å². The molecule has 0 aliphatic heterocycles. The first-order valence-corrected chi connectivity index (χ1v) is 11.4. The van der Waals surface area contributed by atoms with E-state index in [1.807, 2.05) is 12.1 Å². The van der Waals surface area contributed by atoms with Gasteiger partial charge in [0.05, 0.1) is 16.8 Å². The highest BCUT2D eigenvalue weighted by molar-refractivity contribution is 7.99. The van der Waals surface area contributed by atoms with Crippen molar-refractivity contribution in [3.63, 3.8) is 0 Å². The molecule has 0 atom stereocenters. The molecule has 0 aliphatic carbocycles. The minimum absolute atomic E-state index is 0. The fraction of sp³-hybridized carbons (Fsp3) is 0.278. The van der Waals surface area contributed by atoms with Crippen LogP contribution in [0.15, 0.2) is 34.4 Å². The predicted octanol–water partition coefficient (Wildman–Crippen LogP) is -0.844. The number of nitrogens with two attached hydrogens (primary N) is 6. The summed E-state index contributed by atoms with van der Waals surface area (Å²) in [5.41, 5.74) is 28.2. The average Bonchev–Trinajstić information content (AvgIpc) is 2.81. The smallest absolute Gasteiger partial charge is 0.255 e. The van der Waals surface area contributed by atoms with Gasteiger partial charge >= 0.3 is 0 Å². The summed E-state index contributed by atoms with van der Waals surface area (Å²) in [6, 6.07) is 5.36. The Bertz CT molecular complexity index is 994. The summed E-state index contributed by atoms with van der Waals surface area (Å²) in [7, 11) is 1.75. The molecule has 1 amide bonds. The van der Waals surface area contributed by atoms with Gasteiger partial charge in [0.15, 0.2) is 5.84 Å². The Kier molecular flexibility index (Phi) is 12.8. The van der Waals surface area contributed by atoms with Gasteiger partial charge in [-0.2, -0.15) is 13.5 Å². The van der Waals surface area contributed by atoms with Crippen LogP contribution in [0, 0.1) is 0 Å². The normalized spacial score (nSPS) is 11.0. The minimum atomic E-state index is -0.390. The number of rotatable bonds is 12. The Morgan fingerprint density at radius 1 is 1.29 bits per heavy atom. The van der Waals surface area contributed by atoms with E-state index in [9.17, 15) is 4.79 Å². The number of amidine groups is 1. The maximum Gasteiger partial charge on any atom is 0.255 e. The molecule has 0 saturated carbocycles. The maximum atomic E-state index is 12.5. The maximum absolute atomic E-state index is 12.5. The number of hydrogen-bond acceptors (Lipinski definition) is 13. The van der Waals surface area contributed by atoms with Crippen molar-refractivity contribution in [1.29, 1.82) is 0 Å². The van der Waals surface area contributed by atoms with Crippen LogP contribution in [0.1, 0.15) is 15.9 Å². The number of hydrazone groups is 1. The van der Waals surface area contributed by atoms with Crippen LogP contribution in [-0.2, 0) is 4.28 Å². The molecule has 2 aromatic rings. The number of carbonyl (C=O) groups excluding carboxylic acids is 1. The zero-order chi connectivity index (χ0) is 24.4. The third-order valence-corrected chi connectivity index (χ3v) is 5.90. The molecule has 1 heterocycles.